The molecule has 0 spiro atoms. The van der Waals surface area contributed by atoms with Crippen LogP contribution in [-0.2, 0) is 26.3 Å². The molecule has 10 heteroatoms. The van der Waals surface area contributed by atoms with Gasteiger partial charge in [-0.2, -0.15) is 4.31 Å². The summed E-state index contributed by atoms with van der Waals surface area (Å²) in [6.07, 6.45) is 4.30. The van der Waals surface area contributed by atoms with Gasteiger partial charge in [-0.3, -0.25) is 4.79 Å². The summed E-state index contributed by atoms with van der Waals surface area (Å²) in [6.45, 7) is 0.661. The Hall–Kier alpha value is -2.27. The summed E-state index contributed by atoms with van der Waals surface area (Å²) >= 11 is 0. The smallest absolute Gasteiger partial charge is 0.253 e. The number of hydrogen-bond acceptors (Lipinski definition) is 6. The van der Waals surface area contributed by atoms with E-state index in [0.717, 1.165) is 31.2 Å². The van der Waals surface area contributed by atoms with Crippen molar-refractivity contribution in [3.8, 4) is 0 Å². The number of hydrogen-bond donors (Lipinski definition) is 1. The van der Waals surface area contributed by atoms with Crippen molar-refractivity contribution in [2.75, 3.05) is 43.4 Å². The molecule has 0 aromatic heterocycles. The lowest BCUT2D eigenvalue weighted by atomic mass is 10.1. The molecule has 0 bridgehead atoms. The van der Waals surface area contributed by atoms with E-state index < -0.39 is 26.0 Å². The van der Waals surface area contributed by atoms with Crippen molar-refractivity contribution in [2.45, 2.75) is 51.0 Å². The van der Waals surface area contributed by atoms with E-state index in [9.17, 15) is 26.7 Å². The lowest BCUT2D eigenvalue weighted by molar-refractivity contribution is 0.0584. The average Bonchev–Trinajstić information content (AvgIpc) is 3.46. The van der Waals surface area contributed by atoms with Crippen molar-refractivity contribution in [3.05, 3.63) is 71.8 Å². The first-order valence-corrected chi connectivity index (χ1v) is 17.8. The van der Waals surface area contributed by atoms with Gasteiger partial charge in [0, 0.05) is 31.7 Å². The maximum absolute atomic E-state index is 13.6. The Bertz CT molecular complexity index is 1280. The van der Waals surface area contributed by atoms with Gasteiger partial charge >= 0.3 is 0 Å². The number of aliphatic hydroxyl groups is 1. The zero-order valence-corrected chi connectivity index (χ0v) is 24.7. The second-order valence-corrected chi connectivity index (χ2v) is 15.7. The molecule has 1 atom stereocenters. The number of carbonyl (C=O) groups excluding carboxylic acids is 1. The zero-order valence-electron chi connectivity index (χ0n) is 23.1. The fraction of sp³-hybridized carbons (Fsp3) is 0.567. The summed E-state index contributed by atoms with van der Waals surface area (Å²) in [6, 6.07) is 18.7. The molecule has 2 aromatic rings. The molecule has 220 valence electrons. The Kier molecular flexibility index (Phi) is 10.8. The van der Waals surface area contributed by atoms with Crippen LogP contribution in [0.25, 0.3) is 0 Å². The van der Waals surface area contributed by atoms with Gasteiger partial charge in [0.05, 0.1) is 23.4 Å². The highest BCUT2D eigenvalue weighted by Crippen LogP contribution is 2.28. The Morgan fingerprint density at radius 1 is 0.875 bits per heavy atom. The van der Waals surface area contributed by atoms with Gasteiger partial charge in [-0.25, -0.2) is 16.8 Å². The van der Waals surface area contributed by atoms with Crippen molar-refractivity contribution in [2.24, 2.45) is 11.8 Å². The van der Waals surface area contributed by atoms with E-state index >= 15 is 0 Å². The number of aliphatic hydroxyl groups excluding tert-OH is 1. The minimum absolute atomic E-state index is 0.0128. The SMILES string of the molecule is O=C(c1ccccc1)N(CCc1ccccc1)C[C@H](O)CN(CC1CCCC1)S(=O)(=O)CC1CCS(=O)(=O)CC1. The molecule has 2 fully saturated rings. The monoisotopic (exact) mass is 590 g/mol. The maximum Gasteiger partial charge on any atom is 0.253 e. The van der Waals surface area contributed by atoms with E-state index in [1.807, 2.05) is 36.4 Å². The molecular weight excluding hydrogens is 548 g/mol. The quantitative estimate of drug-likeness (QED) is 0.383. The van der Waals surface area contributed by atoms with Crippen LogP contribution in [0, 0.1) is 11.8 Å². The Balaban J connectivity index is 1.46. The third-order valence-corrected chi connectivity index (χ3v) is 11.8. The van der Waals surface area contributed by atoms with Crippen molar-refractivity contribution < 1.29 is 26.7 Å². The molecule has 1 aliphatic heterocycles. The van der Waals surface area contributed by atoms with E-state index in [4.69, 9.17) is 0 Å². The molecule has 1 heterocycles. The van der Waals surface area contributed by atoms with Gasteiger partial charge < -0.3 is 10.0 Å². The van der Waals surface area contributed by atoms with E-state index in [1.54, 1.807) is 29.2 Å². The van der Waals surface area contributed by atoms with E-state index in [2.05, 4.69) is 0 Å². The molecule has 0 radical (unpaired) electrons. The molecule has 0 unspecified atom stereocenters. The van der Waals surface area contributed by atoms with Crippen LogP contribution in [0.5, 0.6) is 0 Å². The van der Waals surface area contributed by atoms with Crippen LogP contribution in [-0.4, -0.2) is 86.6 Å². The number of sulfone groups is 1. The summed E-state index contributed by atoms with van der Waals surface area (Å²) in [4.78, 5) is 15.0. The summed E-state index contributed by atoms with van der Waals surface area (Å²) in [5.74, 6) is -0.230. The van der Waals surface area contributed by atoms with E-state index in [1.165, 1.54) is 4.31 Å². The Morgan fingerprint density at radius 2 is 1.48 bits per heavy atom. The van der Waals surface area contributed by atoms with Gasteiger partial charge in [0.15, 0.2) is 0 Å². The number of benzene rings is 2. The first-order valence-electron chi connectivity index (χ1n) is 14.4. The number of amides is 1. The van der Waals surface area contributed by atoms with Crippen molar-refractivity contribution >= 4 is 25.8 Å². The first-order chi connectivity index (χ1) is 19.1. The van der Waals surface area contributed by atoms with Gasteiger partial charge in [0.25, 0.3) is 5.91 Å². The van der Waals surface area contributed by atoms with Gasteiger partial charge in [-0.05, 0) is 61.6 Å². The molecule has 40 heavy (non-hydrogen) atoms. The lowest BCUT2D eigenvalue weighted by Crippen LogP contribution is -2.47. The van der Waals surface area contributed by atoms with Crippen molar-refractivity contribution in [1.29, 1.82) is 0 Å². The second kappa shape index (κ2) is 14.1. The van der Waals surface area contributed by atoms with E-state index in [0.29, 0.717) is 37.9 Å². The number of carbonyl (C=O) groups is 1. The standard InChI is InChI=1S/C30H42N2O6S2/c33-29(22-31(18-15-25-9-3-1-4-10-25)30(34)28-13-5-2-6-14-28)23-32(21-26-11-7-8-12-26)40(37,38)24-27-16-19-39(35,36)20-17-27/h1-6,9-10,13-14,26-27,29,33H,7-8,11-12,15-24H2/t29-/m0/s1. The molecule has 1 aliphatic carbocycles. The van der Waals surface area contributed by atoms with Gasteiger partial charge in [0.2, 0.25) is 10.0 Å². The Morgan fingerprint density at radius 3 is 2.10 bits per heavy atom. The molecule has 1 saturated heterocycles. The number of sulfonamides is 1. The van der Waals surface area contributed by atoms with Crippen LogP contribution in [0.3, 0.4) is 0 Å². The largest absolute Gasteiger partial charge is 0.390 e. The number of rotatable bonds is 13. The molecule has 8 nitrogen and oxygen atoms in total. The van der Waals surface area contributed by atoms with E-state index in [-0.39, 0.29) is 48.1 Å². The molecule has 2 aliphatic rings. The summed E-state index contributed by atoms with van der Waals surface area (Å²) in [5.41, 5.74) is 1.59. The predicted molar refractivity (Wildman–Crippen MR) is 157 cm³/mol. The van der Waals surface area contributed by atoms with Crippen molar-refractivity contribution in [1.82, 2.24) is 9.21 Å². The molecule has 2 aromatic carbocycles. The van der Waals surface area contributed by atoms with Gasteiger partial charge in [0.1, 0.15) is 9.84 Å². The molecule has 1 amide bonds. The fourth-order valence-electron chi connectivity index (χ4n) is 5.79. The van der Waals surface area contributed by atoms with Crippen LogP contribution in [0.15, 0.2) is 60.7 Å². The van der Waals surface area contributed by atoms with Crippen LogP contribution in [0.1, 0.15) is 54.4 Å². The lowest BCUT2D eigenvalue weighted by Gasteiger charge is -2.32. The van der Waals surface area contributed by atoms with Crippen LogP contribution < -0.4 is 0 Å². The predicted octanol–water partition coefficient (Wildman–Crippen LogP) is 3.38. The molecule has 1 saturated carbocycles. The van der Waals surface area contributed by atoms with Crippen LogP contribution in [0.4, 0.5) is 0 Å². The minimum Gasteiger partial charge on any atom is -0.390 e. The maximum atomic E-state index is 13.6. The zero-order chi connectivity index (χ0) is 28.6. The number of nitrogens with zero attached hydrogens (tertiary/aromatic N) is 2. The highest BCUT2D eigenvalue weighted by Gasteiger charge is 2.34. The topological polar surface area (TPSA) is 112 Å². The fourth-order valence-corrected chi connectivity index (χ4v) is 9.35. The van der Waals surface area contributed by atoms with Crippen LogP contribution in [0.2, 0.25) is 0 Å². The normalized spacial score (nSPS) is 19.1. The second-order valence-electron chi connectivity index (χ2n) is 11.3. The minimum atomic E-state index is -3.73. The third kappa shape index (κ3) is 9.12. The van der Waals surface area contributed by atoms with Gasteiger partial charge in [-0.15, -0.1) is 0 Å². The summed E-state index contributed by atoms with van der Waals surface area (Å²) in [7, 11) is -6.82. The first kappa shape index (κ1) is 30.7. The highest BCUT2D eigenvalue weighted by molar-refractivity contribution is 7.91. The molecular formula is C30H42N2O6S2. The molecule has 4 rings (SSSR count). The third-order valence-electron chi connectivity index (χ3n) is 8.12. The summed E-state index contributed by atoms with van der Waals surface area (Å²) in [5, 5.41) is 11.2. The van der Waals surface area contributed by atoms with Gasteiger partial charge in [-0.1, -0.05) is 61.4 Å². The average molecular weight is 591 g/mol. The van der Waals surface area contributed by atoms with Crippen LogP contribution >= 0.6 is 0 Å². The Labute approximate surface area is 239 Å². The summed E-state index contributed by atoms with van der Waals surface area (Å²) < 4.78 is 52.4. The highest BCUT2D eigenvalue weighted by atomic mass is 32.2. The molecule has 1 N–H and O–H groups in total. The van der Waals surface area contributed by atoms with Crippen molar-refractivity contribution in [3.63, 3.8) is 0 Å².